The predicted octanol–water partition coefficient (Wildman–Crippen LogP) is 6.72. The van der Waals surface area contributed by atoms with Gasteiger partial charge in [0, 0.05) is 48.1 Å². The fraction of sp³-hybridized carbons (Fsp3) is 0.394. The Labute approximate surface area is 286 Å². The van der Waals surface area contributed by atoms with Gasteiger partial charge in [0.05, 0.1) is 27.8 Å². The monoisotopic (exact) mass is 763 g/mol. The van der Waals surface area contributed by atoms with Gasteiger partial charge in [-0.05, 0) is 74.0 Å². The molecule has 3 aromatic carbocycles. The Morgan fingerprint density at radius 2 is 1.60 bits per heavy atom. The predicted molar refractivity (Wildman–Crippen MR) is 187 cm³/mol. The van der Waals surface area contributed by atoms with Crippen molar-refractivity contribution in [2.75, 3.05) is 53.6 Å². The Morgan fingerprint density at radius 3 is 2.20 bits per heavy atom. The molecule has 2 aliphatic heterocycles. The Bertz CT molecular complexity index is 1660. The molecule has 4 aromatic rings. The number of halogens is 3. The highest BCUT2D eigenvalue weighted by Gasteiger charge is 2.44. The van der Waals surface area contributed by atoms with Crippen LogP contribution in [0.1, 0.15) is 31.9 Å². The summed E-state index contributed by atoms with van der Waals surface area (Å²) in [6, 6.07) is 21.8. The lowest BCUT2D eigenvalue weighted by molar-refractivity contribution is -0.158. The van der Waals surface area contributed by atoms with Gasteiger partial charge in [-0.3, -0.25) is 0 Å². The summed E-state index contributed by atoms with van der Waals surface area (Å²) < 4.78 is 22.3. The van der Waals surface area contributed by atoms with E-state index in [-0.39, 0.29) is 17.8 Å². The smallest absolute Gasteiger partial charge is 0.350 e. The molecule has 0 N–H and O–H groups in total. The maximum Gasteiger partial charge on any atom is 0.350 e. The van der Waals surface area contributed by atoms with E-state index in [1.54, 1.807) is 27.7 Å². The number of ether oxygens (including phenoxy) is 3. The molecule has 6 rings (SSSR count). The van der Waals surface area contributed by atoms with E-state index >= 15 is 0 Å². The molecule has 45 heavy (non-hydrogen) atoms. The number of piperazine rings is 1. The highest BCUT2D eigenvalue weighted by molar-refractivity contribution is 14.1. The molecule has 2 aliphatic rings. The lowest BCUT2D eigenvalue weighted by atomic mass is 10.1. The van der Waals surface area contributed by atoms with Crippen molar-refractivity contribution in [1.82, 2.24) is 14.3 Å². The normalized spacial score (nSPS) is 20.9. The van der Waals surface area contributed by atoms with Gasteiger partial charge in [-0.15, -0.1) is 0 Å². The first-order valence-corrected chi connectivity index (χ1v) is 17.4. The van der Waals surface area contributed by atoms with Crippen molar-refractivity contribution in [3.05, 3.63) is 99.2 Å². The summed E-state index contributed by atoms with van der Waals surface area (Å²) in [6.45, 7) is 8.45. The van der Waals surface area contributed by atoms with E-state index in [1.807, 2.05) is 37.3 Å². The van der Waals surface area contributed by atoms with Crippen molar-refractivity contribution < 1.29 is 14.2 Å². The van der Waals surface area contributed by atoms with Crippen LogP contribution in [0.2, 0.25) is 10.0 Å². The van der Waals surface area contributed by atoms with Crippen LogP contribution in [0.5, 0.6) is 5.75 Å². The van der Waals surface area contributed by atoms with E-state index in [9.17, 15) is 4.79 Å². The number of aromatic nitrogens is 3. The number of anilines is 2. The first kappa shape index (κ1) is 32.2. The molecule has 3 heterocycles. The second-order valence-corrected chi connectivity index (χ2v) is 12.9. The van der Waals surface area contributed by atoms with Gasteiger partial charge in [0.25, 0.3) is 0 Å². The third-order valence-electron chi connectivity index (χ3n) is 8.49. The lowest BCUT2D eigenvalue weighted by Crippen LogP contribution is -2.46. The molecular formula is C33H36Cl2IN5O4. The van der Waals surface area contributed by atoms with Crippen LogP contribution in [0.15, 0.2) is 77.9 Å². The zero-order valence-electron chi connectivity index (χ0n) is 25.2. The van der Waals surface area contributed by atoms with Crippen LogP contribution in [-0.2, 0) is 15.3 Å². The molecule has 0 aliphatic carbocycles. The first-order valence-electron chi connectivity index (χ1n) is 15.1. The standard InChI is InChI=1S/C33H36Cl2IN5O4/c1-3-23(2)41-32(42)40(22-37-41)27-7-5-25(6-8-27)38-14-16-39(17-15-38)26-9-11-28(12-10-26)43-19-29-20-44-33(21-36,45-29)30-13-4-24(34)18-31(30)35/h4-13,18,22-23,29H,3,14-17,19-21H2,1-2H3/t23?,29-,33-/m1/s1. The number of nitrogens with zero attached hydrogens (tertiary/aromatic N) is 5. The average Bonchev–Trinajstić information content (AvgIpc) is 3.68. The van der Waals surface area contributed by atoms with E-state index in [2.05, 4.69) is 68.7 Å². The first-order chi connectivity index (χ1) is 21.8. The maximum atomic E-state index is 12.8. The molecule has 0 spiro atoms. The molecular weight excluding hydrogens is 728 g/mol. The minimum atomic E-state index is -0.916. The molecule has 1 aromatic heterocycles. The van der Waals surface area contributed by atoms with Gasteiger partial charge in [-0.25, -0.2) is 14.0 Å². The highest BCUT2D eigenvalue weighted by atomic mass is 127. The number of benzene rings is 3. The van der Waals surface area contributed by atoms with Gasteiger partial charge >= 0.3 is 5.69 Å². The van der Waals surface area contributed by atoms with Crippen molar-refractivity contribution in [3.63, 3.8) is 0 Å². The molecule has 2 saturated heterocycles. The van der Waals surface area contributed by atoms with Crippen LogP contribution in [0.25, 0.3) is 5.69 Å². The quantitative estimate of drug-likeness (QED) is 0.131. The van der Waals surface area contributed by atoms with Crippen LogP contribution in [-0.4, -0.2) is 64.3 Å². The van der Waals surface area contributed by atoms with Gasteiger partial charge in [0.15, 0.2) is 0 Å². The van der Waals surface area contributed by atoms with E-state index in [0.717, 1.165) is 61.0 Å². The molecule has 238 valence electrons. The number of hydrogen-bond donors (Lipinski definition) is 0. The molecule has 3 atom stereocenters. The van der Waals surface area contributed by atoms with Crippen LogP contribution < -0.4 is 20.2 Å². The summed E-state index contributed by atoms with van der Waals surface area (Å²) in [5.41, 5.74) is 3.79. The highest BCUT2D eigenvalue weighted by Crippen LogP contribution is 2.40. The van der Waals surface area contributed by atoms with E-state index < -0.39 is 5.79 Å². The van der Waals surface area contributed by atoms with Crippen LogP contribution >= 0.6 is 45.8 Å². The molecule has 2 fully saturated rings. The summed E-state index contributed by atoms with van der Waals surface area (Å²) in [4.78, 5) is 17.5. The second kappa shape index (κ2) is 13.9. The van der Waals surface area contributed by atoms with Crippen LogP contribution in [0.3, 0.4) is 0 Å². The van der Waals surface area contributed by atoms with Crippen molar-refractivity contribution in [1.29, 1.82) is 0 Å². The summed E-state index contributed by atoms with van der Waals surface area (Å²) in [5, 5.41) is 5.39. The Balaban J connectivity index is 0.998. The van der Waals surface area contributed by atoms with Crippen molar-refractivity contribution in [2.45, 2.75) is 38.2 Å². The third kappa shape index (κ3) is 6.85. The maximum absolute atomic E-state index is 12.8. The summed E-state index contributed by atoms with van der Waals surface area (Å²) in [5.74, 6) is -0.132. The molecule has 0 amide bonds. The molecule has 12 heteroatoms. The molecule has 9 nitrogen and oxygen atoms in total. The topological polar surface area (TPSA) is 74.0 Å². The van der Waals surface area contributed by atoms with Gasteiger partial charge in [0.1, 0.15) is 24.8 Å². The van der Waals surface area contributed by atoms with E-state index in [0.29, 0.717) is 27.7 Å². The zero-order chi connectivity index (χ0) is 31.6. The zero-order valence-corrected chi connectivity index (χ0v) is 28.9. The Hall–Kier alpha value is -2.77. The SMILES string of the molecule is CCC(C)n1ncn(-c2ccc(N3CCN(c4ccc(OC[C@@H]5CO[C@@](CI)(c6ccc(Cl)cc6Cl)O5)cc4)CC3)cc2)c1=O. The van der Waals surface area contributed by atoms with Crippen molar-refractivity contribution >= 4 is 57.2 Å². The largest absolute Gasteiger partial charge is 0.491 e. The average molecular weight is 764 g/mol. The van der Waals surface area contributed by atoms with Gasteiger partial charge < -0.3 is 24.0 Å². The van der Waals surface area contributed by atoms with Gasteiger partial charge in [0.2, 0.25) is 5.79 Å². The third-order valence-corrected chi connectivity index (χ3v) is 10.0. The summed E-state index contributed by atoms with van der Waals surface area (Å²) >= 11 is 14.8. The van der Waals surface area contributed by atoms with Crippen LogP contribution in [0.4, 0.5) is 11.4 Å². The summed E-state index contributed by atoms with van der Waals surface area (Å²) in [6.07, 6.45) is 2.23. The second-order valence-electron chi connectivity index (χ2n) is 11.3. The fourth-order valence-electron chi connectivity index (χ4n) is 5.69. The summed E-state index contributed by atoms with van der Waals surface area (Å²) in [7, 11) is 0. The molecule has 0 saturated carbocycles. The number of rotatable bonds is 10. The fourth-order valence-corrected chi connectivity index (χ4v) is 7.05. The molecule has 1 unspecified atom stereocenters. The van der Waals surface area contributed by atoms with Crippen LogP contribution in [0, 0.1) is 0 Å². The number of hydrogen-bond acceptors (Lipinski definition) is 7. The van der Waals surface area contributed by atoms with Crippen molar-refractivity contribution in [2.24, 2.45) is 0 Å². The minimum Gasteiger partial charge on any atom is -0.491 e. The van der Waals surface area contributed by atoms with Gasteiger partial charge in [-0.2, -0.15) is 5.10 Å². The van der Waals surface area contributed by atoms with Crippen molar-refractivity contribution in [3.8, 4) is 11.4 Å². The Kier molecular flexibility index (Phi) is 9.96. The minimum absolute atomic E-state index is 0.0720. The molecule has 0 radical (unpaired) electrons. The number of alkyl halides is 1. The molecule has 0 bridgehead atoms. The Morgan fingerprint density at radius 1 is 0.978 bits per heavy atom. The van der Waals surface area contributed by atoms with E-state index in [1.165, 1.54) is 0 Å². The van der Waals surface area contributed by atoms with E-state index in [4.69, 9.17) is 37.4 Å². The van der Waals surface area contributed by atoms with Gasteiger partial charge in [-0.1, -0.05) is 58.8 Å². The lowest BCUT2D eigenvalue weighted by Gasteiger charge is -2.37.